The van der Waals surface area contributed by atoms with Gasteiger partial charge in [-0.3, -0.25) is 0 Å². The maximum Gasteiger partial charge on any atom is 0.194 e. The number of hydrogen-bond donors (Lipinski definition) is 1. The van der Waals surface area contributed by atoms with Crippen molar-refractivity contribution in [2.75, 3.05) is 32.8 Å². The molecule has 0 aliphatic carbocycles. The van der Waals surface area contributed by atoms with E-state index in [9.17, 15) is 0 Å². The summed E-state index contributed by atoms with van der Waals surface area (Å²) in [5.74, 6) is 3.24. The second-order valence-corrected chi connectivity index (χ2v) is 7.79. The van der Waals surface area contributed by atoms with E-state index in [-0.39, 0.29) is 0 Å². The molecule has 0 spiro atoms. The minimum absolute atomic E-state index is 0.410. The van der Waals surface area contributed by atoms with E-state index in [4.69, 9.17) is 14.5 Å². The van der Waals surface area contributed by atoms with Crippen molar-refractivity contribution in [3.05, 3.63) is 42.5 Å². The SMILES string of the molecule is CCNC(=NCc1ccc2c(c1)OCCCO2)N1CCC(C)C(n2ccnc2)C1. The van der Waals surface area contributed by atoms with Gasteiger partial charge >= 0.3 is 0 Å². The molecule has 2 atom stereocenters. The number of aromatic nitrogens is 2. The second-order valence-electron chi connectivity index (χ2n) is 7.79. The average molecular weight is 398 g/mol. The first-order valence-electron chi connectivity index (χ1n) is 10.6. The molecule has 7 nitrogen and oxygen atoms in total. The number of imidazole rings is 1. The van der Waals surface area contributed by atoms with E-state index in [0.29, 0.717) is 31.7 Å². The molecule has 156 valence electrons. The van der Waals surface area contributed by atoms with Crippen molar-refractivity contribution >= 4 is 5.96 Å². The van der Waals surface area contributed by atoms with E-state index >= 15 is 0 Å². The predicted molar refractivity (Wildman–Crippen MR) is 113 cm³/mol. The molecule has 2 unspecified atom stereocenters. The summed E-state index contributed by atoms with van der Waals surface area (Å²) >= 11 is 0. The Bertz CT molecular complexity index is 821. The van der Waals surface area contributed by atoms with Crippen molar-refractivity contribution in [1.29, 1.82) is 0 Å². The number of likely N-dealkylation sites (tertiary alicyclic amines) is 1. The lowest BCUT2D eigenvalue weighted by Crippen LogP contribution is -2.49. The molecule has 1 fully saturated rings. The normalized spacial score (nSPS) is 22.3. The summed E-state index contributed by atoms with van der Waals surface area (Å²) in [6, 6.07) is 6.54. The summed E-state index contributed by atoms with van der Waals surface area (Å²) in [7, 11) is 0. The number of benzene rings is 1. The molecule has 1 aromatic heterocycles. The Balaban J connectivity index is 1.48. The van der Waals surface area contributed by atoms with Gasteiger partial charge in [0.1, 0.15) is 0 Å². The monoisotopic (exact) mass is 397 g/mol. The van der Waals surface area contributed by atoms with Crippen LogP contribution in [0, 0.1) is 5.92 Å². The van der Waals surface area contributed by atoms with Gasteiger partial charge in [0.05, 0.1) is 32.1 Å². The number of nitrogens with one attached hydrogen (secondary N) is 1. The van der Waals surface area contributed by atoms with E-state index in [2.05, 4.69) is 51.9 Å². The molecule has 4 rings (SSSR count). The van der Waals surface area contributed by atoms with Gasteiger partial charge < -0.3 is 24.3 Å². The third-order valence-electron chi connectivity index (χ3n) is 5.68. The maximum atomic E-state index is 5.82. The zero-order valence-corrected chi connectivity index (χ0v) is 17.4. The number of nitrogens with zero attached hydrogens (tertiary/aromatic N) is 4. The van der Waals surface area contributed by atoms with E-state index in [1.165, 1.54) is 0 Å². The van der Waals surface area contributed by atoms with Crippen LogP contribution in [0.4, 0.5) is 0 Å². The highest BCUT2D eigenvalue weighted by Crippen LogP contribution is 2.31. The number of piperidine rings is 1. The quantitative estimate of drug-likeness (QED) is 0.634. The maximum absolute atomic E-state index is 5.82. The van der Waals surface area contributed by atoms with Gasteiger partial charge in [0.2, 0.25) is 0 Å². The number of fused-ring (bicyclic) bond motifs is 1. The molecule has 29 heavy (non-hydrogen) atoms. The van der Waals surface area contributed by atoms with E-state index in [1.807, 2.05) is 18.6 Å². The summed E-state index contributed by atoms with van der Waals surface area (Å²) in [5.41, 5.74) is 1.13. The van der Waals surface area contributed by atoms with Crippen LogP contribution in [0.3, 0.4) is 0 Å². The molecule has 7 heteroatoms. The Morgan fingerprint density at radius 1 is 1.28 bits per heavy atom. The van der Waals surface area contributed by atoms with Gasteiger partial charge in [0.15, 0.2) is 17.5 Å². The van der Waals surface area contributed by atoms with Gasteiger partial charge in [-0.15, -0.1) is 0 Å². The fourth-order valence-corrected chi connectivity index (χ4v) is 3.99. The van der Waals surface area contributed by atoms with Crippen LogP contribution in [0.15, 0.2) is 41.9 Å². The number of hydrogen-bond acceptors (Lipinski definition) is 4. The second kappa shape index (κ2) is 9.20. The zero-order chi connectivity index (χ0) is 20.1. The van der Waals surface area contributed by atoms with Gasteiger partial charge in [-0.1, -0.05) is 13.0 Å². The Kier molecular flexibility index (Phi) is 6.22. The van der Waals surface area contributed by atoms with Crippen molar-refractivity contribution in [3.8, 4) is 11.5 Å². The molecule has 0 amide bonds. The molecule has 1 N–H and O–H groups in total. The number of rotatable bonds is 4. The Morgan fingerprint density at radius 2 is 2.14 bits per heavy atom. The van der Waals surface area contributed by atoms with Crippen LogP contribution in [0.2, 0.25) is 0 Å². The summed E-state index contributed by atoms with van der Waals surface area (Å²) in [6.07, 6.45) is 7.89. The minimum atomic E-state index is 0.410. The first-order chi connectivity index (χ1) is 14.2. The van der Waals surface area contributed by atoms with E-state index < -0.39 is 0 Å². The van der Waals surface area contributed by atoms with Crippen LogP contribution in [-0.2, 0) is 6.54 Å². The molecular formula is C22H31N5O2. The van der Waals surface area contributed by atoms with Gasteiger partial charge in [-0.25, -0.2) is 9.98 Å². The Labute approximate surface area is 172 Å². The molecule has 1 saturated heterocycles. The van der Waals surface area contributed by atoms with Gasteiger partial charge in [0, 0.05) is 38.4 Å². The fraction of sp³-hybridized carbons (Fsp3) is 0.545. The number of ether oxygens (including phenoxy) is 2. The fourth-order valence-electron chi connectivity index (χ4n) is 3.99. The molecule has 2 aliphatic heterocycles. The van der Waals surface area contributed by atoms with Crippen molar-refractivity contribution in [3.63, 3.8) is 0 Å². The van der Waals surface area contributed by atoms with Crippen LogP contribution >= 0.6 is 0 Å². The largest absolute Gasteiger partial charge is 0.490 e. The van der Waals surface area contributed by atoms with Crippen LogP contribution in [0.1, 0.15) is 38.3 Å². The molecule has 2 aliphatic rings. The standard InChI is InChI=1S/C22H31N5O2/c1-3-24-22(26-9-7-17(2)19(15-26)27-10-8-23-16-27)25-14-18-5-6-20-21(13-18)29-12-4-11-28-20/h5-6,8,10,13,16-17,19H,3-4,7,9,11-12,14-15H2,1-2H3,(H,24,25). The minimum Gasteiger partial charge on any atom is -0.490 e. The third-order valence-corrected chi connectivity index (χ3v) is 5.68. The van der Waals surface area contributed by atoms with Crippen LogP contribution in [0.5, 0.6) is 11.5 Å². The molecule has 0 radical (unpaired) electrons. The topological polar surface area (TPSA) is 63.9 Å². The first kappa shape index (κ1) is 19.6. The van der Waals surface area contributed by atoms with Crippen molar-refractivity contribution in [2.24, 2.45) is 10.9 Å². The first-order valence-corrected chi connectivity index (χ1v) is 10.6. The van der Waals surface area contributed by atoms with Gasteiger partial charge in [-0.05, 0) is 37.0 Å². The van der Waals surface area contributed by atoms with Crippen LogP contribution in [-0.4, -0.2) is 53.3 Å². The van der Waals surface area contributed by atoms with Crippen LogP contribution in [0.25, 0.3) is 0 Å². The van der Waals surface area contributed by atoms with Crippen LogP contribution < -0.4 is 14.8 Å². The lowest BCUT2D eigenvalue weighted by atomic mass is 9.93. The lowest BCUT2D eigenvalue weighted by Gasteiger charge is -2.39. The van der Waals surface area contributed by atoms with E-state index in [0.717, 1.165) is 55.5 Å². The van der Waals surface area contributed by atoms with Crippen molar-refractivity contribution in [2.45, 2.75) is 39.3 Å². The smallest absolute Gasteiger partial charge is 0.194 e. The molecular weight excluding hydrogens is 366 g/mol. The molecule has 0 bridgehead atoms. The van der Waals surface area contributed by atoms with Crippen molar-refractivity contribution in [1.82, 2.24) is 19.8 Å². The van der Waals surface area contributed by atoms with Gasteiger partial charge in [-0.2, -0.15) is 0 Å². The molecule has 1 aromatic carbocycles. The summed E-state index contributed by atoms with van der Waals surface area (Å²) < 4.78 is 13.8. The highest BCUT2D eigenvalue weighted by molar-refractivity contribution is 5.80. The zero-order valence-electron chi connectivity index (χ0n) is 17.4. The molecule has 3 heterocycles. The summed E-state index contributed by atoms with van der Waals surface area (Å²) in [5, 5.41) is 3.47. The Hall–Kier alpha value is -2.70. The predicted octanol–water partition coefficient (Wildman–Crippen LogP) is 3.09. The van der Waals surface area contributed by atoms with E-state index in [1.54, 1.807) is 0 Å². The highest BCUT2D eigenvalue weighted by Gasteiger charge is 2.28. The lowest BCUT2D eigenvalue weighted by molar-refractivity contribution is 0.189. The molecule has 2 aromatic rings. The van der Waals surface area contributed by atoms with Crippen molar-refractivity contribution < 1.29 is 9.47 Å². The Morgan fingerprint density at radius 3 is 2.93 bits per heavy atom. The third kappa shape index (κ3) is 4.66. The summed E-state index contributed by atoms with van der Waals surface area (Å²) in [4.78, 5) is 11.5. The number of aliphatic imine (C=N–C) groups is 1. The molecule has 0 saturated carbocycles. The van der Waals surface area contributed by atoms with Gasteiger partial charge in [0.25, 0.3) is 0 Å². The summed E-state index contributed by atoms with van der Waals surface area (Å²) in [6.45, 7) is 9.25. The average Bonchev–Trinajstić information content (AvgIpc) is 3.17. The number of guanidine groups is 1. The highest BCUT2D eigenvalue weighted by atomic mass is 16.5.